The molecule has 4 nitrogen and oxygen atoms in total. The number of ketones is 1. The summed E-state index contributed by atoms with van der Waals surface area (Å²) in [5, 5.41) is 0. The molecule has 0 spiro atoms. The Morgan fingerprint density at radius 2 is 1.70 bits per heavy atom. The van der Waals surface area contributed by atoms with Gasteiger partial charge in [0.1, 0.15) is 17.1 Å². The zero-order valence-corrected chi connectivity index (χ0v) is 12.7. The van der Waals surface area contributed by atoms with Crippen molar-refractivity contribution in [1.29, 1.82) is 0 Å². The summed E-state index contributed by atoms with van der Waals surface area (Å²) in [5.41, 5.74) is 7.09. The van der Waals surface area contributed by atoms with Crippen LogP contribution in [0.2, 0.25) is 0 Å². The normalized spacial score (nSPS) is 10.2. The summed E-state index contributed by atoms with van der Waals surface area (Å²) in [4.78, 5) is 12.7. The Labute approximate surface area is 125 Å². The molecule has 104 valence electrons. The standard InChI is InChI=1S/C15H14BrNO3/c1-19-12-4-3-5-13(20-2)14(12)15(18)10-7-6-9(16)8-11(10)17/h3-8H,17H2,1-2H3. The molecular weight excluding hydrogens is 322 g/mol. The van der Waals surface area contributed by atoms with Gasteiger partial charge in [0.2, 0.25) is 5.78 Å². The van der Waals surface area contributed by atoms with Crippen molar-refractivity contribution in [3.05, 3.63) is 52.0 Å². The number of hydrogen-bond acceptors (Lipinski definition) is 4. The first-order valence-electron chi connectivity index (χ1n) is 5.89. The summed E-state index contributed by atoms with van der Waals surface area (Å²) in [6, 6.07) is 10.3. The van der Waals surface area contributed by atoms with Gasteiger partial charge in [-0.05, 0) is 30.3 Å². The van der Waals surface area contributed by atoms with Crippen LogP contribution in [0.15, 0.2) is 40.9 Å². The van der Waals surface area contributed by atoms with Gasteiger partial charge in [0, 0.05) is 15.7 Å². The Balaban J connectivity index is 2.58. The Morgan fingerprint density at radius 3 is 2.20 bits per heavy atom. The first kappa shape index (κ1) is 14.4. The summed E-state index contributed by atoms with van der Waals surface area (Å²) in [6.45, 7) is 0. The minimum absolute atomic E-state index is 0.232. The number of hydrogen-bond donors (Lipinski definition) is 1. The predicted molar refractivity (Wildman–Crippen MR) is 81.5 cm³/mol. The maximum absolute atomic E-state index is 12.7. The van der Waals surface area contributed by atoms with Crippen LogP contribution in [0, 0.1) is 0 Å². The summed E-state index contributed by atoms with van der Waals surface area (Å²) in [5.74, 6) is 0.678. The molecule has 0 aliphatic rings. The number of anilines is 1. The van der Waals surface area contributed by atoms with Crippen LogP contribution in [-0.2, 0) is 0 Å². The highest BCUT2D eigenvalue weighted by Crippen LogP contribution is 2.32. The minimum atomic E-state index is -0.232. The number of methoxy groups -OCH3 is 2. The summed E-state index contributed by atoms with van der Waals surface area (Å²) in [7, 11) is 3.02. The molecule has 0 aliphatic heterocycles. The van der Waals surface area contributed by atoms with Gasteiger partial charge in [-0.15, -0.1) is 0 Å². The van der Waals surface area contributed by atoms with Crippen LogP contribution in [0.5, 0.6) is 11.5 Å². The number of rotatable bonds is 4. The minimum Gasteiger partial charge on any atom is -0.496 e. The second-order valence-electron chi connectivity index (χ2n) is 4.10. The zero-order chi connectivity index (χ0) is 14.7. The van der Waals surface area contributed by atoms with Crippen molar-refractivity contribution in [2.24, 2.45) is 0 Å². The number of ether oxygens (including phenoxy) is 2. The first-order chi connectivity index (χ1) is 9.58. The summed E-state index contributed by atoms with van der Waals surface area (Å²) in [6.07, 6.45) is 0. The molecule has 0 aliphatic carbocycles. The molecule has 0 saturated carbocycles. The molecule has 2 aromatic carbocycles. The van der Waals surface area contributed by atoms with Gasteiger partial charge in [-0.3, -0.25) is 4.79 Å². The monoisotopic (exact) mass is 335 g/mol. The van der Waals surface area contributed by atoms with Crippen molar-refractivity contribution in [2.75, 3.05) is 20.0 Å². The lowest BCUT2D eigenvalue weighted by molar-refractivity contribution is 0.103. The van der Waals surface area contributed by atoms with Gasteiger partial charge in [-0.1, -0.05) is 22.0 Å². The van der Waals surface area contributed by atoms with Crippen molar-refractivity contribution in [2.45, 2.75) is 0 Å². The fourth-order valence-corrected chi connectivity index (χ4v) is 2.33. The number of carbonyl (C=O) groups is 1. The Bertz CT molecular complexity index is 633. The third-order valence-electron chi connectivity index (χ3n) is 2.91. The van der Waals surface area contributed by atoms with Gasteiger partial charge in [0.15, 0.2) is 0 Å². The van der Waals surface area contributed by atoms with Crippen LogP contribution in [0.1, 0.15) is 15.9 Å². The van der Waals surface area contributed by atoms with Crippen molar-refractivity contribution < 1.29 is 14.3 Å². The van der Waals surface area contributed by atoms with E-state index in [4.69, 9.17) is 15.2 Å². The molecule has 0 heterocycles. The molecule has 0 saturated heterocycles. The molecule has 2 N–H and O–H groups in total. The second-order valence-corrected chi connectivity index (χ2v) is 5.01. The zero-order valence-electron chi connectivity index (χ0n) is 11.1. The van der Waals surface area contributed by atoms with E-state index in [2.05, 4.69) is 15.9 Å². The van der Waals surface area contributed by atoms with Gasteiger partial charge < -0.3 is 15.2 Å². The van der Waals surface area contributed by atoms with E-state index < -0.39 is 0 Å². The molecule has 0 unspecified atom stereocenters. The van der Waals surface area contributed by atoms with E-state index in [0.29, 0.717) is 28.3 Å². The van der Waals surface area contributed by atoms with E-state index in [0.717, 1.165) is 4.47 Å². The van der Waals surface area contributed by atoms with Crippen molar-refractivity contribution >= 4 is 27.4 Å². The fourth-order valence-electron chi connectivity index (χ4n) is 1.95. The summed E-state index contributed by atoms with van der Waals surface area (Å²) < 4.78 is 11.3. The molecule has 0 amide bonds. The molecule has 0 fully saturated rings. The molecular formula is C15H14BrNO3. The smallest absolute Gasteiger partial charge is 0.202 e. The molecule has 0 radical (unpaired) electrons. The summed E-state index contributed by atoms with van der Waals surface area (Å²) >= 11 is 3.32. The highest BCUT2D eigenvalue weighted by Gasteiger charge is 2.21. The molecule has 0 atom stereocenters. The topological polar surface area (TPSA) is 61.5 Å². The Hall–Kier alpha value is -2.01. The molecule has 2 rings (SSSR count). The lowest BCUT2D eigenvalue weighted by Crippen LogP contribution is -2.09. The number of carbonyl (C=O) groups excluding carboxylic acids is 1. The van der Waals surface area contributed by atoms with E-state index in [-0.39, 0.29) is 5.78 Å². The SMILES string of the molecule is COc1cccc(OC)c1C(=O)c1ccc(Br)cc1N. The van der Waals surface area contributed by atoms with Crippen LogP contribution in [0.25, 0.3) is 0 Å². The third-order valence-corrected chi connectivity index (χ3v) is 3.41. The lowest BCUT2D eigenvalue weighted by atomic mass is 10.00. The predicted octanol–water partition coefficient (Wildman–Crippen LogP) is 3.28. The van der Waals surface area contributed by atoms with Gasteiger partial charge in [-0.25, -0.2) is 0 Å². The second kappa shape index (κ2) is 5.96. The van der Waals surface area contributed by atoms with E-state index in [1.807, 2.05) is 0 Å². The van der Waals surface area contributed by atoms with Crippen LogP contribution >= 0.6 is 15.9 Å². The van der Waals surface area contributed by atoms with E-state index in [1.54, 1.807) is 36.4 Å². The van der Waals surface area contributed by atoms with Crippen molar-refractivity contribution in [1.82, 2.24) is 0 Å². The fraction of sp³-hybridized carbons (Fsp3) is 0.133. The van der Waals surface area contributed by atoms with Crippen molar-refractivity contribution in [3.63, 3.8) is 0 Å². The average Bonchev–Trinajstić information content (AvgIpc) is 2.45. The molecule has 2 aromatic rings. The lowest BCUT2D eigenvalue weighted by Gasteiger charge is -2.13. The van der Waals surface area contributed by atoms with Crippen LogP contribution in [-0.4, -0.2) is 20.0 Å². The average molecular weight is 336 g/mol. The largest absolute Gasteiger partial charge is 0.496 e. The number of benzene rings is 2. The molecule has 20 heavy (non-hydrogen) atoms. The third kappa shape index (κ3) is 2.63. The van der Waals surface area contributed by atoms with Gasteiger partial charge in [-0.2, -0.15) is 0 Å². The van der Waals surface area contributed by atoms with Crippen LogP contribution in [0.4, 0.5) is 5.69 Å². The van der Waals surface area contributed by atoms with E-state index >= 15 is 0 Å². The maximum atomic E-state index is 12.7. The number of halogens is 1. The molecule has 0 aromatic heterocycles. The Morgan fingerprint density at radius 1 is 1.10 bits per heavy atom. The maximum Gasteiger partial charge on any atom is 0.202 e. The quantitative estimate of drug-likeness (QED) is 0.688. The van der Waals surface area contributed by atoms with E-state index in [9.17, 15) is 4.79 Å². The van der Waals surface area contributed by atoms with Crippen LogP contribution < -0.4 is 15.2 Å². The molecule has 0 bridgehead atoms. The number of nitrogen functional groups attached to an aromatic ring is 1. The molecule has 5 heteroatoms. The van der Waals surface area contributed by atoms with Gasteiger partial charge in [0.05, 0.1) is 14.2 Å². The van der Waals surface area contributed by atoms with Crippen molar-refractivity contribution in [3.8, 4) is 11.5 Å². The number of nitrogens with two attached hydrogens (primary N) is 1. The Kier molecular flexibility index (Phi) is 4.29. The first-order valence-corrected chi connectivity index (χ1v) is 6.68. The highest BCUT2D eigenvalue weighted by atomic mass is 79.9. The van der Waals surface area contributed by atoms with E-state index in [1.165, 1.54) is 14.2 Å². The van der Waals surface area contributed by atoms with Crippen LogP contribution in [0.3, 0.4) is 0 Å². The van der Waals surface area contributed by atoms with Gasteiger partial charge >= 0.3 is 0 Å². The highest BCUT2D eigenvalue weighted by molar-refractivity contribution is 9.10. The van der Waals surface area contributed by atoms with Gasteiger partial charge in [0.25, 0.3) is 0 Å².